The van der Waals surface area contributed by atoms with Crippen molar-refractivity contribution in [3.05, 3.63) is 0 Å². The van der Waals surface area contributed by atoms with E-state index in [9.17, 15) is 18.0 Å². The first-order valence-electron chi connectivity index (χ1n) is 6.54. The Kier molecular flexibility index (Phi) is 5.12. The van der Waals surface area contributed by atoms with Crippen LogP contribution in [-0.4, -0.2) is 37.3 Å². The molecule has 0 radical (unpaired) electrons. The standard InChI is InChI=1S/C13H22O5S/c1-13(2,3)18-12(15)9-19(16,17)8-11(14)10-6-4-5-7-10/h10H,4-9H2,1-3H3. The van der Waals surface area contributed by atoms with Crippen molar-refractivity contribution in [2.45, 2.75) is 52.1 Å². The summed E-state index contributed by atoms with van der Waals surface area (Å²) in [6.07, 6.45) is 3.48. The van der Waals surface area contributed by atoms with Gasteiger partial charge in [0.15, 0.2) is 15.6 Å². The van der Waals surface area contributed by atoms with E-state index < -0.39 is 32.9 Å². The van der Waals surface area contributed by atoms with E-state index in [0.29, 0.717) is 0 Å². The number of hydrogen-bond donors (Lipinski definition) is 0. The highest BCUT2D eigenvalue weighted by Crippen LogP contribution is 2.25. The van der Waals surface area contributed by atoms with Crippen molar-refractivity contribution in [2.24, 2.45) is 5.92 Å². The van der Waals surface area contributed by atoms with Crippen LogP contribution in [0.5, 0.6) is 0 Å². The summed E-state index contributed by atoms with van der Waals surface area (Å²) in [5, 5.41) is 0. The van der Waals surface area contributed by atoms with Crippen molar-refractivity contribution >= 4 is 21.6 Å². The van der Waals surface area contributed by atoms with Gasteiger partial charge in [0.1, 0.15) is 17.1 Å². The summed E-state index contributed by atoms with van der Waals surface area (Å²) in [5.74, 6) is -2.47. The molecule has 1 aliphatic rings. The van der Waals surface area contributed by atoms with Gasteiger partial charge in [-0.15, -0.1) is 0 Å². The maximum Gasteiger partial charge on any atom is 0.321 e. The average Bonchev–Trinajstić information content (AvgIpc) is 2.63. The number of carbonyl (C=O) groups excluding carboxylic acids is 2. The van der Waals surface area contributed by atoms with Gasteiger partial charge in [0.25, 0.3) is 0 Å². The molecule has 1 aliphatic carbocycles. The van der Waals surface area contributed by atoms with Crippen molar-refractivity contribution in [3.8, 4) is 0 Å². The third-order valence-corrected chi connectivity index (χ3v) is 4.33. The Morgan fingerprint density at radius 2 is 1.63 bits per heavy atom. The van der Waals surface area contributed by atoms with Gasteiger partial charge in [0, 0.05) is 5.92 Å². The number of rotatable bonds is 5. The van der Waals surface area contributed by atoms with Gasteiger partial charge in [-0.25, -0.2) is 8.42 Å². The van der Waals surface area contributed by atoms with Crippen LogP contribution < -0.4 is 0 Å². The molecule has 0 aromatic rings. The summed E-state index contributed by atoms with van der Waals surface area (Å²) in [6.45, 7) is 5.00. The third kappa shape index (κ3) is 6.18. The number of esters is 1. The second kappa shape index (κ2) is 6.03. The van der Waals surface area contributed by atoms with Crippen LogP contribution in [0, 0.1) is 5.92 Å². The molecule has 0 heterocycles. The molecule has 0 spiro atoms. The lowest BCUT2D eigenvalue weighted by Crippen LogP contribution is -2.32. The van der Waals surface area contributed by atoms with Crippen LogP contribution in [-0.2, 0) is 24.2 Å². The molecule has 1 rings (SSSR count). The molecule has 1 fully saturated rings. The maximum atomic E-state index is 11.8. The molecule has 0 amide bonds. The van der Waals surface area contributed by atoms with E-state index in [-0.39, 0.29) is 11.7 Å². The fourth-order valence-corrected chi connectivity index (χ4v) is 3.37. The van der Waals surface area contributed by atoms with E-state index in [0.717, 1.165) is 25.7 Å². The van der Waals surface area contributed by atoms with E-state index in [1.807, 2.05) is 0 Å². The summed E-state index contributed by atoms with van der Waals surface area (Å²) in [4.78, 5) is 23.3. The SMILES string of the molecule is CC(C)(C)OC(=O)CS(=O)(=O)CC(=O)C1CCCC1. The predicted octanol–water partition coefficient (Wildman–Crippen LogP) is 1.50. The van der Waals surface area contributed by atoms with Crippen LogP contribution in [0.3, 0.4) is 0 Å². The lowest BCUT2D eigenvalue weighted by Gasteiger charge is -2.19. The van der Waals surface area contributed by atoms with Crippen molar-refractivity contribution in [3.63, 3.8) is 0 Å². The quantitative estimate of drug-likeness (QED) is 0.717. The van der Waals surface area contributed by atoms with Crippen LogP contribution in [0.4, 0.5) is 0 Å². The number of ketones is 1. The number of ether oxygens (including phenoxy) is 1. The lowest BCUT2D eigenvalue weighted by atomic mass is 10.0. The molecule has 110 valence electrons. The van der Waals surface area contributed by atoms with E-state index in [2.05, 4.69) is 0 Å². The number of hydrogen-bond acceptors (Lipinski definition) is 5. The third-order valence-electron chi connectivity index (χ3n) is 2.93. The molecule has 0 unspecified atom stereocenters. The summed E-state index contributed by atoms with van der Waals surface area (Å²) in [7, 11) is -3.71. The van der Waals surface area contributed by atoms with Gasteiger partial charge in [-0.2, -0.15) is 0 Å². The normalized spacial score (nSPS) is 17.4. The Labute approximate surface area is 114 Å². The number of carbonyl (C=O) groups is 2. The summed E-state index contributed by atoms with van der Waals surface area (Å²) in [6, 6.07) is 0. The molecule has 0 saturated heterocycles. The highest BCUT2D eigenvalue weighted by Gasteiger charge is 2.29. The van der Waals surface area contributed by atoms with E-state index in [1.54, 1.807) is 20.8 Å². The number of Topliss-reactive ketones (excluding diaryl/α,β-unsaturated/α-hetero) is 1. The van der Waals surface area contributed by atoms with Crippen molar-refractivity contribution in [1.82, 2.24) is 0 Å². The van der Waals surface area contributed by atoms with Gasteiger partial charge >= 0.3 is 5.97 Å². The van der Waals surface area contributed by atoms with E-state index in [1.165, 1.54) is 0 Å². The molecule has 0 aromatic carbocycles. The van der Waals surface area contributed by atoms with Gasteiger partial charge < -0.3 is 4.74 Å². The number of sulfone groups is 1. The molecular formula is C13H22O5S. The van der Waals surface area contributed by atoms with E-state index >= 15 is 0 Å². The first kappa shape index (κ1) is 16.1. The molecule has 0 bridgehead atoms. The van der Waals surface area contributed by atoms with Crippen LogP contribution in [0.15, 0.2) is 0 Å². The van der Waals surface area contributed by atoms with Crippen LogP contribution in [0.1, 0.15) is 46.5 Å². The summed E-state index contributed by atoms with van der Waals surface area (Å²) in [5.41, 5.74) is -0.720. The highest BCUT2D eigenvalue weighted by molar-refractivity contribution is 7.92. The summed E-state index contributed by atoms with van der Waals surface area (Å²) >= 11 is 0. The highest BCUT2D eigenvalue weighted by atomic mass is 32.2. The van der Waals surface area contributed by atoms with Crippen molar-refractivity contribution < 1.29 is 22.7 Å². The Morgan fingerprint density at radius 3 is 2.11 bits per heavy atom. The minimum absolute atomic E-state index is 0.145. The zero-order valence-corrected chi connectivity index (χ0v) is 12.6. The van der Waals surface area contributed by atoms with Crippen molar-refractivity contribution in [2.75, 3.05) is 11.5 Å². The fourth-order valence-electron chi connectivity index (χ4n) is 2.18. The smallest absolute Gasteiger partial charge is 0.321 e. The molecule has 0 N–H and O–H groups in total. The first-order valence-corrected chi connectivity index (χ1v) is 8.36. The second-order valence-corrected chi connectivity index (χ2v) is 8.13. The predicted molar refractivity (Wildman–Crippen MR) is 71.5 cm³/mol. The molecule has 0 aromatic heterocycles. The van der Waals surface area contributed by atoms with E-state index in [4.69, 9.17) is 4.74 Å². The zero-order valence-electron chi connectivity index (χ0n) is 11.8. The Balaban J connectivity index is 2.51. The van der Waals surface area contributed by atoms with Gasteiger partial charge in [-0.3, -0.25) is 9.59 Å². The monoisotopic (exact) mass is 290 g/mol. The first-order chi connectivity index (χ1) is 8.59. The molecule has 0 atom stereocenters. The topological polar surface area (TPSA) is 77.5 Å². The van der Waals surface area contributed by atoms with Crippen LogP contribution in [0.2, 0.25) is 0 Å². The fraction of sp³-hybridized carbons (Fsp3) is 0.846. The molecule has 6 heteroatoms. The Bertz CT molecular complexity index is 438. The Hall–Kier alpha value is -0.910. The van der Waals surface area contributed by atoms with Gasteiger partial charge in [-0.05, 0) is 33.6 Å². The molecule has 19 heavy (non-hydrogen) atoms. The molecular weight excluding hydrogens is 268 g/mol. The largest absolute Gasteiger partial charge is 0.459 e. The minimum atomic E-state index is -3.71. The zero-order chi connectivity index (χ0) is 14.7. The summed E-state index contributed by atoms with van der Waals surface area (Å²) < 4.78 is 28.5. The van der Waals surface area contributed by atoms with Gasteiger partial charge in [0.2, 0.25) is 0 Å². The second-order valence-electron chi connectivity index (χ2n) is 6.07. The van der Waals surface area contributed by atoms with Crippen molar-refractivity contribution in [1.29, 1.82) is 0 Å². The van der Waals surface area contributed by atoms with Crippen LogP contribution in [0.25, 0.3) is 0 Å². The Morgan fingerprint density at radius 1 is 1.11 bits per heavy atom. The average molecular weight is 290 g/mol. The van der Waals surface area contributed by atoms with Gasteiger partial charge in [0.05, 0.1) is 0 Å². The molecule has 5 nitrogen and oxygen atoms in total. The minimum Gasteiger partial charge on any atom is -0.459 e. The molecule has 1 saturated carbocycles. The maximum absolute atomic E-state index is 11.8. The molecule has 0 aliphatic heterocycles. The van der Waals surface area contributed by atoms with Crippen LogP contribution >= 0.6 is 0 Å². The van der Waals surface area contributed by atoms with Gasteiger partial charge in [-0.1, -0.05) is 12.8 Å². The lowest BCUT2D eigenvalue weighted by molar-refractivity contribution is -0.151.